The minimum Gasteiger partial charge on any atom is -0.406 e. The van der Waals surface area contributed by atoms with Crippen molar-refractivity contribution in [3.8, 4) is 5.75 Å². The van der Waals surface area contributed by atoms with Crippen LogP contribution in [0.25, 0.3) is 5.57 Å². The van der Waals surface area contributed by atoms with Gasteiger partial charge >= 0.3 is 6.36 Å². The predicted molar refractivity (Wildman–Crippen MR) is 118 cm³/mol. The van der Waals surface area contributed by atoms with E-state index in [1.807, 2.05) is 17.1 Å². The second-order valence-electron chi connectivity index (χ2n) is 8.00. The number of rotatable bonds is 9. The number of fused-ring (bicyclic) bond motifs is 1. The standard InChI is InChI=1S/C25H21F6N3O/c1-15(32-14-22(26)24(27)28)33-19-6-5-18(11-19)23-8-7-20-12-17(9-10-34(20)23)16-3-2-4-21(13-16)35-25(29,30)31/h2-4,6,9-13,15,22,24,32-33H,5,14H2,1H3. The van der Waals surface area contributed by atoms with Gasteiger partial charge in [0.15, 0.2) is 6.17 Å². The number of nitrogens with zero attached hydrogens (tertiary/aromatic N) is 1. The Morgan fingerprint density at radius 2 is 1.94 bits per heavy atom. The van der Waals surface area contributed by atoms with E-state index in [9.17, 15) is 26.3 Å². The van der Waals surface area contributed by atoms with Crippen LogP contribution in [-0.2, 0) is 0 Å². The molecule has 2 atom stereocenters. The van der Waals surface area contributed by atoms with Crippen LogP contribution in [0, 0.1) is 0 Å². The summed E-state index contributed by atoms with van der Waals surface area (Å²) in [5.41, 5.74) is 10.5. The van der Waals surface area contributed by atoms with Crippen molar-refractivity contribution in [2.75, 3.05) is 6.54 Å². The number of nitrogens with one attached hydrogen (secondary N) is 2. The fraction of sp³-hybridized carbons (Fsp3) is 0.280. The maximum absolute atomic E-state index is 13.1. The Kier molecular flexibility index (Phi) is 6.98. The van der Waals surface area contributed by atoms with Gasteiger partial charge in [0.2, 0.25) is 0 Å². The molecule has 2 heterocycles. The number of alkyl halides is 6. The van der Waals surface area contributed by atoms with E-state index in [4.69, 9.17) is 0 Å². The summed E-state index contributed by atoms with van der Waals surface area (Å²) in [7, 11) is 0. The van der Waals surface area contributed by atoms with Gasteiger partial charge in [0.1, 0.15) is 11.4 Å². The maximum Gasteiger partial charge on any atom is 0.573 e. The molecule has 0 saturated heterocycles. The van der Waals surface area contributed by atoms with Crippen LogP contribution in [-0.4, -0.2) is 36.6 Å². The normalized spacial score (nSPS) is 18.5. The molecular formula is C25H21F6N3O. The van der Waals surface area contributed by atoms with Gasteiger partial charge < -0.3 is 15.0 Å². The Bertz CT molecular complexity index is 1210. The van der Waals surface area contributed by atoms with E-state index in [-0.39, 0.29) is 5.75 Å². The van der Waals surface area contributed by atoms with E-state index in [2.05, 4.69) is 26.8 Å². The lowest BCUT2D eigenvalue weighted by atomic mass is 10.0. The molecule has 1 aromatic carbocycles. The highest BCUT2D eigenvalue weighted by molar-refractivity contribution is 5.78. The Balaban J connectivity index is 1.42. The fourth-order valence-electron chi connectivity index (χ4n) is 3.73. The van der Waals surface area contributed by atoms with E-state index in [0.717, 1.165) is 17.0 Å². The highest BCUT2D eigenvalue weighted by atomic mass is 19.4. The van der Waals surface area contributed by atoms with Crippen LogP contribution in [0.2, 0.25) is 0 Å². The van der Waals surface area contributed by atoms with Crippen LogP contribution in [0.1, 0.15) is 18.9 Å². The summed E-state index contributed by atoms with van der Waals surface area (Å²) in [6.07, 6.45) is -0.714. The third-order valence-corrected chi connectivity index (χ3v) is 5.36. The average molecular weight is 493 g/mol. The third-order valence-electron chi connectivity index (χ3n) is 5.36. The van der Waals surface area contributed by atoms with E-state index in [1.54, 1.807) is 31.3 Å². The molecule has 0 amide bonds. The number of ether oxygens (including phenoxy) is 1. The van der Waals surface area contributed by atoms with Crippen LogP contribution in [0.5, 0.6) is 5.75 Å². The molecule has 1 aliphatic carbocycles. The van der Waals surface area contributed by atoms with Crippen LogP contribution in [0.15, 0.2) is 88.9 Å². The Morgan fingerprint density at radius 3 is 2.69 bits per heavy atom. The predicted octanol–water partition coefficient (Wildman–Crippen LogP) is 5.68. The molecule has 2 N–H and O–H groups in total. The smallest absolute Gasteiger partial charge is 0.406 e. The van der Waals surface area contributed by atoms with E-state index in [0.29, 0.717) is 23.3 Å². The van der Waals surface area contributed by atoms with Gasteiger partial charge in [0.05, 0.1) is 11.9 Å². The van der Waals surface area contributed by atoms with E-state index < -0.39 is 31.7 Å². The van der Waals surface area contributed by atoms with Crippen molar-refractivity contribution < 1.29 is 31.1 Å². The molecular weight excluding hydrogens is 472 g/mol. The molecule has 0 saturated carbocycles. The second kappa shape index (κ2) is 9.96. The minimum atomic E-state index is -4.77. The lowest BCUT2D eigenvalue weighted by Gasteiger charge is -2.24. The van der Waals surface area contributed by atoms with E-state index >= 15 is 0 Å². The molecule has 1 aromatic rings. The molecule has 10 heteroatoms. The van der Waals surface area contributed by atoms with Gasteiger partial charge in [0, 0.05) is 18.4 Å². The number of halogens is 6. The topological polar surface area (TPSA) is 36.5 Å². The number of hydrogen-bond donors (Lipinski definition) is 2. The molecule has 184 valence electrons. The summed E-state index contributed by atoms with van der Waals surface area (Å²) < 4.78 is 79.3. The maximum atomic E-state index is 13.1. The van der Waals surface area contributed by atoms with E-state index in [1.165, 1.54) is 18.2 Å². The van der Waals surface area contributed by atoms with Crippen molar-refractivity contribution in [3.63, 3.8) is 0 Å². The molecule has 0 bridgehead atoms. The van der Waals surface area contributed by atoms with Crippen molar-refractivity contribution in [1.29, 1.82) is 0 Å². The lowest BCUT2D eigenvalue weighted by Crippen LogP contribution is -2.42. The van der Waals surface area contributed by atoms with Gasteiger partial charge in [-0.3, -0.25) is 5.32 Å². The quantitative estimate of drug-likeness (QED) is 0.264. The zero-order valence-corrected chi connectivity index (χ0v) is 18.5. The third kappa shape index (κ3) is 6.11. The molecule has 2 aliphatic heterocycles. The number of hydrogen-bond acceptors (Lipinski definition) is 4. The average Bonchev–Trinajstić information content (AvgIpc) is 3.42. The molecule has 0 radical (unpaired) electrons. The van der Waals surface area contributed by atoms with Crippen molar-refractivity contribution in [2.24, 2.45) is 0 Å². The molecule has 4 nitrogen and oxygen atoms in total. The van der Waals surface area contributed by atoms with Crippen molar-refractivity contribution in [2.45, 2.75) is 38.5 Å². The van der Waals surface area contributed by atoms with Crippen LogP contribution < -0.4 is 15.4 Å². The molecule has 4 rings (SSSR count). The first kappa shape index (κ1) is 24.5. The molecule has 3 aliphatic rings. The van der Waals surface area contributed by atoms with Crippen LogP contribution in [0.4, 0.5) is 26.3 Å². The van der Waals surface area contributed by atoms with Crippen LogP contribution in [0.3, 0.4) is 0 Å². The first-order valence-electron chi connectivity index (χ1n) is 10.7. The van der Waals surface area contributed by atoms with Gasteiger partial charge in [-0.15, -0.1) is 13.2 Å². The highest BCUT2D eigenvalue weighted by Gasteiger charge is 2.31. The second-order valence-corrected chi connectivity index (χ2v) is 8.00. The van der Waals surface area contributed by atoms with Gasteiger partial charge in [-0.25, -0.2) is 13.2 Å². The SMILES string of the molecule is CC(NCC(F)C(F)F)NC1=CCC(C2=C=C=C3C=C(c4cccc(OC(F)(F)F)c4)C=CN32)=C1. The zero-order chi connectivity index (χ0) is 25.2. The Labute approximate surface area is 197 Å². The first-order chi connectivity index (χ1) is 16.6. The first-order valence-corrected chi connectivity index (χ1v) is 10.7. The number of allylic oxidation sites excluding steroid dienone is 6. The summed E-state index contributed by atoms with van der Waals surface area (Å²) in [5.74, 6) is -0.302. The Morgan fingerprint density at radius 1 is 1.14 bits per heavy atom. The summed E-state index contributed by atoms with van der Waals surface area (Å²) in [4.78, 5) is 1.86. The molecule has 2 unspecified atom stereocenters. The van der Waals surface area contributed by atoms with Gasteiger partial charge in [-0.05, 0) is 71.9 Å². The van der Waals surface area contributed by atoms with Gasteiger partial charge in [-0.2, -0.15) is 0 Å². The largest absolute Gasteiger partial charge is 0.573 e. The molecule has 0 aromatic heterocycles. The Hall–Kier alpha value is -3.58. The van der Waals surface area contributed by atoms with Crippen molar-refractivity contribution in [1.82, 2.24) is 15.5 Å². The molecule has 0 fully saturated rings. The fourth-order valence-corrected chi connectivity index (χ4v) is 3.73. The highest BCUT2D eigenvalue weighted by Crippen LogP contribution is 2.35. The van der Waals surface area contributed by atoms with Crippen LogP contribution >= 0.6 is 0 Å². The monoisotopic (exact) mass is 493 g/mol. The summed E-state index contributed by atoms with van der Waals surface area (Å²) in [6, 6.07) is 5.73. The minimum absolute atomic E-state index is 0.302. The molecule has 0 spiro atoms. The molecule has 35 heavy (non-hydrogen) atoms. The summed E-state index contributed by atoms with van der Waals surface area (Å²) in [5, 5.41) is 5.78. The van der Waals surface area contributed by atoms with Gasteiger partial charge in [-0.1, -0.05) is 18.2 Å². The van der Waals surface area contributed by atoms with Gasteiger partial charge in [0.25, 0.3) is 6.43 Å². The summed E-state index contributed by atoms with van der Waals surface area (Å²) >= 11 is 0. The van der Waals surface area contributed by atoms with Crippen molar-refractivity contribution in [3.05, 3.63) is 94.5 Å². The van der Waals surface area contributed by atoms with Crippen molar-refractivity contribution >= 4 is 5.57 Å². The summed E-state index contributed by atoms with van der Waals surface area (Å²) in [6.45, 7) is 1.24. The number of benzene rings is 1. The lowest BCUT2D eigenvalue weighted by molar-refractivity contribution is -0.274. The zero-order valence-electron chi connectivity index (χ0n) is 18.5.